The van der Waals surface area contributed by atoms with Crippen molar-refractivity contribution in [1.82, 2.24) is 0 Å². The van der Waals surface area contributed by atoms with Crippen molar-refractivity contribution in [3.63, 3.8) is 0 Å². The van der Waals surface area contributed by atoms with Gasteiger partial charge in [0.25, 0.3) is 0 Å². The maximum atomic E-state index is 11.3. The minimum absolute atomic E-state index is 0.278. The Labute approximate surface area is 108 Å². The minimum Gasteiger partial charge on any atom is -0.300 e. The summed E-state index contributed by atoms with van der Waals surface area (Å²) in [6, 6.07) is 10.6. The summed E-state index contributed by atoms with van der Waals surface area (Å²) in [6.45, 7) is 3.83. The number of benzene rings is 1. The highest BCUT2D eigenvalue weighted by molar-refractivity contribution is 7.95. The molecule has 1 nitrogen and oxygen atoms in total. The number of carbonyl (C=O) groups excluding carboxylic acids is 1. The van der Waals surface area contributed by atoms with E-state index >= 15 is 0 Å². The molecule has 0 aromatic heterocycles. The Bertz CT molecular complexity index is 334. The van der Waals surface area contributed by atoms with E-state index in [0.717, 1.165) is 18.6 Å². The van der Waals surface area contributed by atoms with Crippen LogP contribution in [0.3, 0.4) is 0 Å². The zero-order valence-electron chi connectivity index (χ0n) is 11.1. The number of carbonyl (C=O) groups is 1. The first-order valence-electron chi connectivity index (χ1n) is 6.27. The van der Waals surface area contributed by atoms with Crippen LogP contribution >= 0.6 is 0 Å². The maximum Gasteiger partial charge on any atom is 0.133 e. The van der Waals surface area contributed by atoms with Crippen molar-refractivity contribution in [2.45, 2.75) is 32.4 Å². The van der Waals surface area contributed by atoms with Gasteiger partial charge in [0, 0.05) is 17.9 Å². The van der Waals surface area contributed by atoms with Gasteiger partial charge in [-0.25, -0.2) is 0 Å². The van der Waals surface area contributed by atoms with Gasteiger partial charge < -0.3 is 0 Å². The van der Waals surface area contributed by atoms with Crippen LogP contribution in [0.1, 0.15) is 32.3 Å². The molecule has 0 aliphatic rings. The third kappa shape index (κ3) is 5.40. The van der Waals surface area contributed by atoms with Crippen molar-refractivity contribution in [2.24, 2.45) is 5.92 Å². The second-order valence-electron chi connectivity index (χ2n) is 4.62. The summed E-state index contributed by atoms with van der Waals surface area (Å²) in [6.07, 6.45) is 4.34. The zero-order valence-corrected chi connectivity index (χ0v) is 11.9. The zero-order chi connectivity index (χ0) is 12.7. The summed E-state index contributed by atoms with van der Waals surface area (Å²) in [7, 11) is 0.388. The van der Waals surface area contributed by atoms with Crippen LogP contribution < -0.4 is 0 Å². The van der Waals surface area contributed by atoms with Crippen LogP contribution in [0.25, 0.3) is 0 Å². The fourth-order valence-corrected chi connectivity index (χ4v) is 3.56. The SMILES string of the molecule is CC[C@@H](CC[S+](C)Cc1ccccc1)C(C)=O. The molecule has 1 unspecified atom stereocenters. The number of ketones is 1. The number of hydrogen-bond acceptors (Lipinski definition) is 1. The van der Waals surface area contributed by atoms with E-state index < -0.39 is 0 Å². The van der Waals surface area contributed by atoms with Gasteiger partial charge in [0.1, 0.15) is 17.3 Å². The smallest absolute Gasteiger partial charge is 0.133 e. The Kier molecular flexibility index (Phi) is 6.35. The van der Waals surface area contributed by atoms with Gasteiger partial charge in [0.15, 0.2) is 0 Å². The normalized spacial score (nSPS) is 14.3. The van der Waals surface area contributed by atoms with Crippen molar-refractivity contribution >= 4 is 16.7 Å². The van der Waals surface area contributed by atoms with E-state index in [0.29, 0.717) is 16.7 Å². The summed E-state index contributed by atoms with van der Waals surface area (Å²) in [5.41, 5.74) is 1.41. The Balaban J connectivity index is 2.35. The highest BCUT2D eigenvalue weighted by Crippen LogP contribution is 2.14. The largest absolute Gasteiger partial charge is 0.300 e. The van der Waals surface area contributed by atoms with Crippen LogP contribution in [0.15, 0.2) is 30.3 Å². The highest BCUT2D eigenvalue weighted by atomic mass is 32.2. The minimum atomic E-state index is 0.278. The second kappa shape index (κ2) is 7.54. The Hall–Kier alpha value is -0.760. The molecule has 1 rings (SSSR count). The maximum absolute atomic E-state index is 11.3. The summed E-state index contributed by atoms with van der Waals surface area (Å²) in [5, 5.41) is 0. The molecule has 2 heteroatoms. The third-order valence-corrected chi connectivity index (χ3v) is 4.90. The average molecular weight is 251 g/mol. The summed E-state index contributed by atoms with van der Waals surface area (Å²) >= 11 is 0. The van der Waals surface area contributed by atoms with Crippen LogP contribution in [-0.4, -0.2) is 17.8 Å². The summed E-state index contributed by atoms with van der Waals surface area (Å²) < 4.78 is 0. The number of Topliss-reactive ketones (excluding diaryl/α,β-unsaturated/α-hetero) is 1. The lowest BCUT2D eigenvalue weighted by atomic mass is 10.00. The highest BCUT2D eigenvalue weighted by Gasteiger charge is 2.18. The van der Waals surface area contributed by atoms with E-state index in [1.165, 1.54) is 11.3 Å². The van der Waals surface area contributed by atoms with Gasteiger partial charge in [0.05, 0.1) is 6.26 Å². The molecule has 0 radical (unpaired) electrons. The lowest BCUT2D eigenvalue weighted by Crippen LogP contribution is -2.16. The van der Waals surface area contributed by atoms with Gasteiger partial charge in [-0.3, -0.25) is 4.79 Å². The van der Waals surface area contributed by atoms with Gasteiger partial charge in [-0.2, -0.15) is 0 Å². The molecule has 0 spiro atoms. The molecule has 0 bridgehead atoms. The lowest BCUT2D eigenvalue weighted by Gasteiger charge is -2.10. The molecule has 0 aliphatic carbocycles. The van der Waals surface area contributed by atoms with Gasteiger partial charge in [0.2, 0.25) is 0 Å². The molecule has 1 aromatic rings. The molecule has 0 heterocycles. The molecule has 17 heavy (non-hydrogen) atoms. The summed E-state index contributed by atoms with van der Waals surface area (Å²) in [5.74, 6) is 2.95. The van der Waals surface area contributed by atoms with Crippen molar-refractivity contribution in [2.75, 3.05) is 12.0 Å². The van der Waals surface area contributed by atoms with Crippen LogP contribution in [0.5, 0.6) is 0 Å². The number of rotatable bonds is 7. The molecule has 0 fully saturated rings. The van der Waals surface area contributed by atoms with E-state index in [2.05, 4.69) is 43.5 Å². The van der Waals surface area contributed by atoms with Gasteiger partial charge >= 0.3 is 0 Å². The molecular weight excluding hydrogens is 228 g/mol. The van der Waals surface area contributed by atoms with E-state index in [9.17, 15) is 4.79 Å². The monoisotopic (exact) mass is 251 g/mol. The van der Waals surface area contributed by atoms with Gasteiger partial charge in [-0.15, -0.1) is 0 Å². The van der Waals surface area contributed by atoms with Gasteiger partial charge in [-0.1, -0.05) is 37.3 Å². The van der Waals surface area contributed by atoms with Crippen molar-refractivity contribution in [1.29, 1.82) is 0 Å². The van der Waals surface area contributed by atoms with Crippen molar-refractivity contribution < 1.29 is 4.79 Å². The molecular formula is C15H23OS+. The molecule has 0 amide bonds. The Morgan fingerprint density at radius 2 is 1.94 bits per heavy atom. The first kappa shape index (κ1) is 14.3. The Morgan fingerprint density at radius 3 is 2.47 bits per heavy atom. The van der Waals surface area contributed by atoms with Crippen LogP contribution in [-0.2, 0) is 21.4 Å². The first-order valence-corrected chi connectivity index (χ1v) is 8.24. The predicted molar refractivity (Wildman–Crippen MR) is 77.4 cm³/mol. The molecule has 0 saturated carbocycles. The predicted octanol–water partition coefficient (Wildman–Crippen LogP) is 3.44. The second-order valence-corrected chi connectivity index (χ2v) is 6.88. The topological polar surface area (TPSA) is 17.1 Å². The fourth-order valence-electron chi connectivity index (χ4n) is 1.97. The van der Waals surface area contributed by atoms with Crippen molar-refractivity contribution in [3.05, 3.63) is 35.9 Å². The number of hydrogen-bond donors (Lipinski definition) is 0. The Morgan fingerprint density at radius 1 is 1.29 bits per heavy atom. The van der Waals surface area contributed by atoms with E-state index in [4.69, 9.17) is 0 Å². The van der Waals surface area contributed by atoms with E-state index in [1.807, 2.05) is 0 Å². The van der Waals surface area contributed by atoms with E-state index in [-0.39, 0.29) is 5.92 Å². The molecule has 0 saturated heterocycles. The molecule has 0 N–H and O–H groups in total. The van der Waals surface area contributed by atoms with Crippen LogP contribution in [0.4, 0.5) is 0 Å². The third-order valence-electron chi connectivity index (χ3n) is 3.14. The molecule has 1 aromatic carbocycles. The van der Waals surface area contributed by atoms with Gasteiger partial charge in [-0.05, 0) is 24.2 Å². The molecule has 2 atom stereocenters. The molecule has 94 valence electrons. The molecule has 0 aliphatic heterocycles. The van der Waals surface area contributed by atoms with Crippen LogP contribution in [0, 0.1) is 5.92 Å². The van der Waals surface area contributed by atoms with Crippen LogP contribution in [0.2, 0.25) is 0 Å². The lowest BCUT2D eigenvalue weighted by molar-refractivity contribution is -0.120. The first-order chi connectivity index (χ1) is 8.13. The average Bonchev–Trinajstić information content (AvgIpc) is 2.30. The standard InChI is InChI=1S/C15H23OS/c1-4-15(13(2)16)10-11-17(3)12-14-8-6-5-7-9-14/h5-9,15H,4,10-12H2,1-3H3/q+1/t15-,17?/m0/s1. The van der Waals surface area contributed by atoms with E-state index in [1.54, 1.807) is 6.92 Å². The quantitative estimate of drug-likeness (QED) is 0.678. The summed E-state index contributed by atoms with van der Waals surface area (Å²) in [4.78, 5) is 11.3. The fraction of sp³-hybridized carbons (Fsp3) is 0.533. The van der Waals surface area contributed by atoms with Crippen molar-refractivity contribution in [3.8, 4) is 0 Å².